The van der Waals surface area contributed by atoms with Gasteiger partial charge in [-0.25, -0.2) is 4.79 Å². The standard InChI is InChI=1S/C24H37NO4/c1-6-7-8-12-20-15-22(26)21(14-13-19(4)11-9-10-18(2)3)23(16-20)28-17-29-24(27)25-5/h10,13,15-16,26H,6-9,11-12,14,17H2,1-5H3,(H,25,27). The van der Waals surface area contributed by atoms with Crippen LogP contribution in [0.15, 0.2) is 35.4 Å². The fourth-order valence-corrected chi connectivity index (χ4v) is 2.93. The number of aryl methyl sites for hydroxylation is 1. The van der Waals surface area contributed by atoms with E-state index in [1.54, 1.807) is 0 Å². The van der Waals surface area contributed by atoms with Gasteiger partial charge in [-0.2, -0.15) is 0 Å². The fourth-order valence-electron chi connectivity index (χ4n) is 2.93. The third-order valence-corrected chi connectivity index (χ3v) is 4.67. The first-order chi connectivity index (χ1) is 13.9. The van der Waals surface area contributed by atoms with Gasteiger partial charge in [0.25, 0.3) is 0 Å². The minimum atomic E-state index is -0.551. The maximum atomic E-state index is 11.3. The highest BCUT2D eigenvalue weighted by Gasteiger charge is 2.12. The molecule has 0 aromatic heterocycles. The Hall–Kier alpha value is -2.43. The summed E-state index contributed by atoms with van der Waals surface area (Å²) in [7, 11) is 1.50. The number of allylic oxidation sites excluding steroid dienone is 4. The van der Waals surface area contributed by atoms with Crippen molar-refractivity contribution in [3.05, 3.63) is 46.6 Å². The van der Waals surface area contributed by atoms with Gasteiger partial charge in [0.1, 0.15) is 11.5 Å². The number of hydrogen-bond donors (Lipinski definition) is 2. The number of amides is 1. The Morgan fingerprint density at radius 1 is 1.17 bits per heavy atom. The second kappa shape index (κ2) is 13.7. The van der Waals surface area contributed by atoms with Crippen LogP contribution in [0.4, 0.5) is 4.79 Å². The topological polar surface area (TPSA) is 67.8 Å². The molecular formula is C24H37NO4. The number of unbranched alkanes of at least 4 members (excludes halogenated alkanes) is 2. The largest absolute Gasteiger partial charge is 0.508 e. The summed E-state index contributed by atoms with van der Waals surface area (Å²) in [6.45, 7) is 8.27. The zero-order valence-electron chi connectivity index (χ0n) is 18.6. The van der Waals surface area contributed by atoms with E-state index in [1.807, 2.05) is 12.1 Å². The van der Waals surface area contributed by atoms with Gasteiger partial charge in [-0.05, 0) is 70.6 Å². The molecule has 0 bridgehead atoms. The van der Waals surface area contributed by atoms with E-state index in [2.05, 4.69) is 45.2 Å². The van der Waals surface area contributed by atoms with Gasteiger partial charge in [0.05, 0.1) is 0 Å². The molecule has 0 heterocycles. The van der Waals surface area contributed by atoms with Crippen LogP contribution in [0.3, 0.4) is 0 Å². The molecule has 162 valence electrons. The van der Waals surface area contributed by atoms with Crippen LogP contribution in [0, 0.1) is 0 Å². The van der Waals surface area contributed by atoms with Gasteiger partial charge in [0, 0.05) is 12.6 Å². The average molecular weight is 404 g/mol. The molecule has 0 aliphatic heterocycles. The number of carbonyl (C=O) groups excluding carboxylic acids is 1. The molecule has 0 fully saturated rings. The summed E-state index contributed by atoms with van der Waals surface area (Å²) in [5.74, 6) is 0.788. The van der Waals surface area contributed by atoms with Crippen molar-refractivity contribution in [1.29, 1.82) is 0 Å². The van der Waals surface area contributed by atoms with E-state index in [4.69, 9.17) is 9.47 Å². The van der Waals surface area contributed by atoms with Crippen molar-refractivity contribution >= 4 is 6.09 Å². The van der Waals surface area contributed by atoms with Crippen molar-refractivity contribution < 1.29 is 19.4 Å². The molecule has 1 amide bonds. The SMILES string of the molecule is CCCCCc1cc(O)c(CC=C(C)CCC=C(C)C)c(OCOC(=O)NC)c1. The molecule has 2 N–H and O–H groups in total. The van der Waals surface area contributed by atoms with Crippen LogP contribution in [0.5, 0.6) is 11.5 Å². The van der Waals surface area contributed by atoms with Gasteiger partial charge in [0.2, 0.25) is 6.79 Å². The summed E-state index contributed by atoms with van der Waals surface area (Å²) in [6, 6.07) is 3.77. The predicted octanol–water partition coefficient (Wildman–Crippen LogP) is 6.05. The third kappa shape index (κ3) is 10.1. The van der Waals surface area contributed by atoms with Crippen molar-refractivity contribution in [2.24, 2.45) is 0 Å². The highest BCUT2D eigenvalue weighted by atomic mass is 16.7. The molecule has 1 aromatic carbocycles. The summed E-state index contributed by atoms with van der Waals surface area (Å²) >= 11 is 0. The summed E-state index contributed by atoms with van der Waals surface area (Å²) in [4.78, 5) is 11.3. The maximum absolute atomic E-state index is 11.3. The Kier molecular flexibility index (Phi) is 11.6. The van der Waals surface area contributed by atoms with E-state index in [0.717, 1.165) is 44.1 Å². The van der Waals surface area contributed by atoms with Crippen molar-refractivity contribution in [1.82, 2.24) is 5.32 Å². The summed E-state index contributed by atoms with van der Waals surface area (Å²) in [5.41, 5.74) is 4.33. The van der Waals surface area contributed by atoms with Gasteiger partial charge < -0.3 is 19.9 Å². The molecule has 0 spiro atoms. The normalized spacial score (nSPS) is 11.1. The molecule has 0 aliphatic rings. The van der Waals surface area contributed by atoms with E-state index in [1.165, 1.54) is 18.2 Å². The van der Waals surface area contributed by atoms with E-state index in [9.17, 15) is 9.90 Å². The molecule has 29 heavy (non-hydrogen) atoms. The first-order valence-corrected chi connectivity index (χ1v) is 10.5. The van der Waals surface area contributed by atoms with Crippen LogP contribution < -0.4 is 10.1 Å². The third-order valence-electron chi connectivity index (χ3n) is 4.67. The molecule has 0 unspecified atom stereocenters. The summed E-state index contributed by atoms with van der Waals surface area (Å²) in [6.07, 6.45) is 10.6. The number of nitrogens with one attached hydrogen (secondary N) is 1. The number of phenolic OH excluding ortho intramolecular Hbond substituents is 1. The molecule has 0 atom stereocenters. The zero-order valence-corrected chi connectivity index (χ0v) is 18.6. The molecule has 1 rings (SSSR count). The first kappa shape index (κ1) is 24.6. The Bertz CT molecular complexity index is 703. The molecule has 0 saturated carbocycles. The van der Waals surface area contributed by atoms with Crippen LogP contribution in [-0.2, 0) is 17.6 Å². The fraction of sp³-hybridized carbons (Fsp3) is 0.542. The lowest BCUT2D eigenvalue weighted by molar-refractivity contribution is 0.0601. The number of carbonyl (C=O) groups is 1. The van der Waals surface area contributed by atoms with Crippen LogP contribution in [-0.4, -0.2) is 25.0 Å². The second-order valence-electron chi connectivity index (χ2n) is 7.57. The van der Waals surface area contributed by atoms with Gasteiger partial charge in [0.15, 0.2) is 0 Å². The Balaban J connectivity index is 2.93. The smallest absolute Gasteiger partial charge is 0.409 e. The van der Waals surface area contributed by atoms with Crippen LogP contribution in [0.25, 0.3) is 0 Å². The lowest BCUT2D eigenvalue weighted by Gasteiger charge is -2.15. The Morgan fingerprint density at radius 2 is 1.93 bits per heavy atom. The maximum Gasteiger partial charge on any atom is 0.409 e. The summed E-state index contributed by atoms with van der Waals surface area (Å²) < 4.78 is 10.7. The second-order valence-corrected chi connectivity index (χ2v) is 7.57. The minimum Gasteiger partial charge on any atom is -0.508 e. The Morgan fingerprint density at radius 3 is 2.59 bits per heavy atom. The number of alkyl carbamates (subject to hydrolysis) is 1. The van der Waals surface area contributed by atoms with Crippen LogP contribution in [0.1, 0.15) is 70.9 Å². The summed E-state index contributed by atoms with van der Waals surface area (Å²) in [5, 5.41) is 13.0. The van der Waals surface area contributed by atoms with E-state index in [0.29, 0.717) is 17.7 Å². The lowest BCUT2D eigenvalue weighted by Crippen LogP contribution is -2.21. The number of hydrogen-bond acceptors (Lipinski definition) is 4. The number of aromatic hydroxyl groups is 1. The van der Waals surface area contributed by atoms with Gasteiger partial charge in [-0.15, -0.1) is 0 Å². The molecule has 0 aliphatic carbocycles. The first-order valence-electron chi connectivity index (χ1n) is 10.5. The van der Waals surface area contributed by atoms with Crippen molar-refractivity contribution in [3.8, 4) is 11.5 Å². The van der Waals surface area contributed by atoms with Crippen molar-refractivity contribution in [2.45, 2.75) is 72.6 Å². The highest BCUT2D eigenvalue weighted by Crippen LogP contribution is 2.32. The lowest BCUT2D eigenvalue weighted by atomic mass is 10.0. The molecule has 0 saturated heterocycles. The number of rotatable bonds is 12. The molecule has 5 heteroatoms. The highest BCUT2D eigenvalue weighted by molar-refractivity contribution is 5.66. The monoisotopic (exact) mass is 403 g/mol. The molecule has 5 nitrogen and oxygen atoms in total. The Labute approximate surface area is 175 Å². The van der Waals surface area contributed by atoms with Gasteiger partial charge in [-0.3, -0.25) is 0 Å². The molecule has 0 radical (unpaired) electrons. The van der Waals surface area contributed by atoms with E-state index >= 15 is 0 Å². The molecule has 1 aromatic rings. The predicted molar refractivity (Wildman–Crippen MR) is 118 cm³/mol. The van der Waals surface area contributed by atoms with Gasteiger partial charge in [-0.1, -0.05) is 43.1 Å². The number of phenols is 1. The van der Waals surface area contributed by atoms with E-state index < -0.39 is 6.09 Å². The number of benzene rings is 1. The minimum absolute atomic E-state index is 0.201. The van der Waals surface area contributed by atoms with Crippen LogP contribution >= 0.6 is 0 Å². The van der Waals surface area contributed by atoms with E-state index in [-0.39, 0.29) is 12.5 Å². The zero-order chi connectivity index (χ0) is 21.6. The van der Waals surface area contributed by atoms with Crippen LogP contribution in [0.2, 0.25) is 0 Å². The van der Waals surface area contributed by atoms with Gasteiger partial charge >= 0.3 is 6.09 Å². The van der Waals surface area contributed by atoms with Crippen molar-refractivity contribution in [2.75, 3.05) is 13.8 Å². The molecular weight excluding hydrogens is 366 g/mol. The average Bonchev–Trinajstić information content (AvgIpc) is 2.67. The number of ether oxygens (including phenoxy) is 2. The quantitative estimate of drug-likeness (QED) is 0.253. The van der Waals surface area contributed by atoms with Crippen molar-refractivity contribution in [3.63, 3.8) is 0 Å².